The molecule has 2 aliphatic rings. The van der Waals surface area contributed by atoms with Gasteiger partial charge in [-0.3, -0.25) is 19.2 Å². The summed E-state index contributed by atoms with van der Waals surface area (Å²) in [6.45, 7) is 5.19. The van der Waals surface area contributed by atoms with Crippen molar-refractivity contribution in [3.8, 4) is 0 Å². The largest absolute Gasteiger partial charge is 0.463 e. The quantitative estimate of drug-likeness (QED) is 0.179. The van der Waals surface area contributed by atoms with Crippen LogP contribution in [-0.2, 0) is 66.5 Å². The minimum absolute atomic E-state index is 0.0677. The van der Waals surface area contributed by atoms with Gasteiger partial charge in [0.05, 0.1) is 22.8 Å². The van der Waals surface area contributed by atoms with Crippen LogP contribution >= 0.6 is 0 Å². The molecule has 2 fully saturated rings. The Kier molecular flexibility index (Phi) is 14.7. The van der Waals surface area contributed by atoms with E-state index in [1.54, 1.807) is 54.6 Å². The Hall–Kier alpha value is -6.17. The monoisotopic (exact) mass is 806 g/mol. The van der Waals surface area contributed by atoms with Crippen LogP contribution in [0.25, 0.3) is 0 Å². The van der Waals surface area contributed by atoms with Crippen LogP contribution in [0.5, 0.6) is 0 Å². The number of rotatable bonds is 13. The van der Waals surface area contributed by atoms with Crippen LogP contribution in [0.4, 0.5) is 0 Å². The molecule has 308 valence electrons. The second-order valence-corrected chi connectivity index (χ2v) is 13.1. The summed E-state index contributed by atoms with van der Waals surface area (Å²) in [6, 6.07) is 23.5. The number of ether oxygens (including phenoxy) is 10. The van der Waals surface area contributed by atoms with E-state index in [9.17, 15) is 33.6 Å². The van der Waals surface area contributed by atoms with E-state index >= 15 is 0 Å². The number of hydrogen-bond donors (Lipinski definition) is 0. The molecular formula is C41H42O17. The van der Waals surface area contributed by atoms with Gasteiger partial charge < -0.3 is 47.4 Å². The molecule has 0 spiro atoms. The highest BCUT2D eigenvalue weighted by Gasteiger charge is 2.57. The first-order valence-corrected chi connectivity index (χ1v) is 18.1. The lowest BCUT2D eigenvalue weighted by molar-refractivity contribution is -0.372. The standard InChI is InChI=1S/C41H42O17/c1-22-31(55-37(46)27-15-9-6-10-16-27)33(56-38(47)28-17-11-7-12-18-28)36(57-39(48)29-19-13-8-14-20-29)40(50-22)58-41-35(53-26(5)45)34(52-25(4)44)32(51-24(3)43)30(54-41)21-49-23(2)42/h6-20,22,30-36,40-41H,21H2,1-5H3/t22-,30+,31+,32-,33+,34-,35+,36-,40-,41-/m0/s1. The van der Waals surface area contributed by atoms with E-state index in [4.69, 9.17) is 47.4 Å². The van der Waals surface area contributed by atoms with Crippen molar-refractivity contribution < 1.29 is 80.9 Å². The van der Waals surface area contributed by atoms with Gasteiger partial charge in [-0.25, -0.2) is 14.4 Å². The second kappa shape index (κ2) is 19.8. The van der Waals surface area contributed by atoms with Crippen LogP contribution in [-0.4, -0.2) is 110 Å². The Morgan fingerprint density at radius 2 is 0.810 bits per heavy atom. The van der Waals surface area contributed by atoms with E-state index in [1.165, 1.54) is 43.3 Å². The summed E-state index contributed by atoms with van der Waals surface area (Å²) in [5.74, 6) is -6.05. The van der Waals surface area contributed by atoms with Crippen molar-refractivity contribution in [1.29, 1.82) is 0 Å². The summed E-state index contributed by atoms with van der Waals surface area (Å²) in [5, 5.41) is 0. The summed E-state index contributed by atoms with van der Waals surface area (Å²) in [5.41, 5.74) is 0.314. The zero-order chi connectivity index (χ0) is 41.9. The fraction of sp³-hybridized carbons (Fsp3) is 0.390. The zero-order valence-corrected chi connectivity index (χ0v) is 32.1. The van der Waals surface area contributed by atoms with Crippen molar-refractivity contribution in [3.05, 3.63) is 108 Å². The van der Waals surface area contributed by atoms with Gasteiger partial charge in [-0.15, -0.1) is 0 Å². The molecule has 2 heterocycles. The third-order valence-electron chi connectivity index (χ3n) is 8.70. The lowest BCUT2D eigenvalue weighted by atomic mass is 9.97. The van der Waals surface area contributed by atoms with Gasteiger partial charge >= 0.3 is 41.8 Å². The summed E-state index contributed by atoms with van der Waals surface area (Å²) in [6.07, 6.45) is -15.9. The average Bonchev–Trinajstić information content (AvgIpc) is 3.19. The minimum Gasteiger partial charge on any atom is -0.463 e. The fourth-order valence-electron chi connectivity index (χ4n) is 6.23. The first-order chi connectivity index (χ1) is 27.7. The Morgan fingerprint density at radius 3 is 1.26 bits per heavy atom. The van der Waals surface area contributed by atoms with Crippen molar-refractivity contribution >= 4 is 41.8 Å². The van der Waals surface area contributed by atoms with Gasteiger partial charge in [-0.05, 0) is 43.3 Å². The summed E-state index contributed by atoms with van der Waals surface area (Å²) < 4.78 is 58.3. The maximum Gasteiger partial charge on any atom is 0.338 e. The van der Waals surface area contributed by atoms with Crippen molar-refractivity contribution in [3.63, 3.8) is 0 Å². The predicted octanol–water partition coefficient (Wildman–Crippen LogP) is 3.51. The molecule has 0 amide bonds. The first-order valence-electron chi connectivity index (χ1n) is 18.1. The molecule has 0 unspecified atom stereocenters. The number of benzene rings is 3. The average molecular weight is 807 g/mol. The van der Waals surface area contributed by atoms with Crippen LogP contribution in [0.2, 0.25) is 0 Å². The second-order valence-electron chi connectivity index (χ2n) is 13.1. The van der Waals surface area contributed by atoms with E-state index in [2.05, 4.69) is 0 Å². The lowest BCUT2D eigenvalue weighted by Crippen LogP contribution is -2.66. The number of hydrogen-bond acceptors (Lipinski definition) is 17. The molecule has 3 aromatic rings. The Labute approximate surface area is 332 Å². The highest BCUT2D eigenvalue weighted by Crippen LogP contribution is 2.36. The molecule has 0 saturated carbocycles. The fourth-order valence-corrected chi connectivity index (χ4v) is 6.23. The molecule has 2 saturated heterocycles. The molecule has 58 heavy (non-hydrogen) atoms. The van der Waals surface area contributed by atoms with E-state index in [1.807, 2.05) is 0 Å². The van der Waals surface area contributed by atoms with Gasteiger partial charge in [0.25, 0.3) is 0 Å². The number of carbonyl (C=O) groups excluding carboxylic acids is 7. The molecule has 0 N–H and O–H groups in total. The van der Waals surface area contributed by atoms with Gasteiger partial charge in [-0.2, -0.15) is 0 Å². The Morgan fingerprint density at radius 1 is 0.448 bits per heavy atom. The zero-order valence-electron chi connectivity index (χ0n) is 32.1. The summed E-state index contributed by atoms with van der Waals surface area (Å²) in [4.78, 5) is 90.1. The molecule has 0 aliphatic carbocycles. The molecule has 2 aliphatic heterocycles. The molecule has 17 heteroatoms. The molecule has 0 radical (unpaired) electrons. The molecular weight excluding hydrogens is 764 g/mol. The van der Waals surface area contributed by atoms with Crippen molar-refractivity contribution in [2.24, 2.45) is 0 Å². The maximum absolute atomic E-state index is 13.8. The van der Waals surface area contributed by atoms with Gasteiger partial charge in [0.1, 0.15) is 12.7 Å². The number of carbonyl (C=O) groups is 7. The molecule has 5 rings (SSSR count). The van der Waals surface area contributed by atoms with Crippen molar-refractivity contribution in [2.75, 3.05) is 6.61 Å². The molecule has 3 aromatic carbocycles. The molecule has 0 aromatic heterocycles. The van der Waals surface area contributed by atoms with Gasteiger partial charge in [0.2, 0.25) is 12.6 Å². The summed E-state index contributed by atoms with van der Waals surface area (Å²) in [7, 11) is 0. The first kappa shape index (κ1) is 43.0. The maximum atomic E-state index is 13.8. The van der Waals surface area contributed by atoms with Crippen molar-refractivity contribution in [1.82, 2.24) is 0 Å². The van der Waals surface area contributed by atoms with E-state index < -0.39 is 110 Å². The van der Waals surface area contributed by atoms with Gasteiger partial charge in [0, 0.05) is 27.7 Å². The van der Waals surface area contributed by atoms with E-state index in [0.29, 0.717) is 0 Å². The Balaban J connectivity index is 1.60. The Bertz CT molecular complexity index is 1920. The predicted molar refractivity (Wildman–Crippen MR) is 194 cm³/mol. The number of esters is 7. The third kappa shape index (κ3) is 11.2. The van der Waals surface area contributed by atoms with Crippen LogP contribution < -0.4 is 0 Å². The van der Waals surface area contributed by atoms with Crippen LogP contribution in [0.1, 0.15) is 65.7 Å². The van der Waals surface area contributed by atoms with Crippen LogP contribution in [0.3, 0.4) is 0 Å². The smallest absolute Gasteiger partial charge is 0.338 e. The molecule has 10 atom stereocenters. The van der Waals surface area contributed by atoms with E-state index in [-0.39, 0.29) is 16.7 Å². The highest BCUT2D eigenvalue weighted by atomic mass is 16.8. The highest BCUT2D eigenvalue weighted by molar-refractivity contribution is 5.91. The molecule has 0 bridgehead atoms. The van der Waals surface area contributed by atoms with Gasteiger partial charge in [0.15, 0.2) is 36.6 Å². The summed E-state index contributed by atoms with van der Waals surface area (Å²) >= 11 is 0. The van der Waals surface area contributed by atoms with Crippen LogP contribution in [0.15, 0.2) is 91.0 Å². The van der Waals surface area contributed by atoms with Crippen LogP contribution in [0, 0.1) is 0 Å². The normalized spacial score (nSPS) is 26.5. The van der Waals surface area contributed by atoms with E-state index in [0.717, 1.165) is 27.7 Å². The third-order valence-corrected chi connectivity index (χ3v) is 8.70. The molecule has 17 nitrogen and oxygen atoms in total. The minimum atomic E-state index is -1.82. The SMILES string of the molecule is CC(=O)OC[C@H]1O[C@@H](O[C@@H]2O[C@@H](C)[C@@H](OC(=O)c3ccccc3)[C@@H](OC(=O)c3ccccc3)[C@@H]2OC(=O)c2ccccc2)[C@H](OC(C)=O)[C@@H](OC(C)=O)[C@H]1OC(C)=O. The van der Waals surface area contributed by atoms with Crippen molar-refractivity contribution in [2.45, 2.75) is 96.0 Å². The lowest BCUT2D eigenvalue weighted by Gasteiger charge is -2.47. The van der Waals surface area contributed by atoms with Gasteiger partial charge in [-0.1, -0.05) is 54.6 Å². The topological polar surface area (TPSA) is 212 Å².